The molecule has 3 rings (SSSR count). The van der Waals surface area contributed by atoms with Crippen LogP contribution in [0.1, 0.15) is 11.3 Å². The first-order valence-electron chi connectivity index (χ1n) is 5.97. The van der Waals surface area contributed by atoms with E-state index in [1.807, 2.05) is 35.7 Å². The molecular formula is C15H12BrFN2. The van der Waals surface area contributed by atoms with Crippen LogP contribution in [0.4, 0.5) is 4.39 Å². The second kappa shape index (κ2) is 4.46. The number of imidazole rings is 1. The van der Waals surface area contributed by atoms with Crippen molar-refractivity contribution >= 4 is 21.6 Å². The predicted molar refractivity (Wildman–Crippen MR) is 77.8 cm³/mol. The summed E-state index contributed by atoms with van der Waals surface area (Å²) in [5, 5.41) is 0. The van der Waals surface area contributed by atoms with Crippen molar-refractivity contribution in [2.75, 3.05) is 0 Å². The number of halogens is 2. The van der Waals surface area contributed by atoms with Gasteiger partial charge in [-0.25, -0.2) is 9.37 Å². The van der Waals surface area contributed by atoms with Crippen molar-refractivity contribution < 1.29 is 4.39 Å². The van der Waals surface area contributed by atoms with E-state index in [1.54, 1.807) is 13.0 Å². The molecule has 0 aliphatic rings. The minimum atomic E-state index is -0.201. The molecule has 0 aliphatic carbocycles. The van der Waals surface area contributed by atoms with E-state index in [9.17, 15) is 4.39 Å². The standard InChI is InChI=1S/C15H12BrFN2/c1-9-3-4-11(7-13(9)17)14-8-19-10(2)12(16)5-6-15(19)18-14/h3-8H,1-2H3. The van der Waals surface area contributed by atoms with Gasteiger partial charge in [0.25, 0.3) is 0 Å². The van der Waals surface area contributed by atoms with E-state index in [0.717, 1.165) is 27.1 Å². The van der Waals surface area contributed by atoms with Gasteiger partial charge in [0.05, 0.1) is 5.69 Å². The molecule has 0 N–H and O–H groups in total. The Morgan fingerprint density at radius 2 is 1.95 bits per heavy atom. The zero-order valence-corrected chi connectivity index (χ0v) is 12.2. The molecule has 2 heterocycles. The number of fused-ring (bicyclic) bond motifs is 1. The molecular weight excluding hydrogens is 307 g/mol. The van der Waals surface area contributed by atoms with Crippen molar-refractivity contribution in [1.82, 2.24) is 9.38 Å². The minimum Gasteiger partial charge on any atom is -0.303 e. The zero-order chi connectivity index (χ0) is 13.6. The third-order valence-electron chi connectivity index (χ3n) is 3.29. The van der Waals surface area contributed by atoms with Gasteiger partial charge in [-0.1, -0.05) is 12.1 Å². The fraction of sp³-hybridized carbons (Fsp3) is 0.133. The largest absolute Gasteiger partial charge is 0.303 e. The lowest BCUT2D eigenvalue weighted by molar-refractivity contribution is 0.619. The van der Waals surface area contributed by atoms with Crippen LogP contribution in [0, 0.1) is 19.7 Å². The average molecular weight is 319 g/mol. The first kappa shape index (κ1) is 12.4. The van der Waals surface area contributed by atoms with Gasteiger partial charge in [0.1, 0.15) is 11.5 Å². The number of pyridine rings is 1. The number of benzene rings is 1. The summed E-state index contributed by atoms with van der Waals surface area (Å²) in [6.07, 6.45) is 1.93. The Morgan fingerprint density at radius 1 is 1.16 bits per heavy atom. The quantitative estimate of drug-likeness (QED) is 0.644. The number of rotatable bonds is 1. The Balaban J connectivity index is 2.20. The van der Waals surface area contributed by atoms with Crippen LogP contribution in [0.25, 0.3) is 16.9 Å². The van der Waals surface area contributed by atoms with Crippen LogP contribution in [-0.4, -0.2) is 9.38 Å². The summed E-state index contributed by atoms with van der Waals surface area (Å²) in [6.45, 7) is 3.77. The lowest BCUT2D eigenvalue weighted by atomic mass is 10.1. The molecule has 19 heavy (non-hydrogen) atoms. The van der Waals surface area contributed by atoms with Crippen LogP contribution >= 0.6 is 15.9 Å². The summed E-state index contributed by atoms with van der Waals surface area (Å²) in [7, 11) is 0. The Bertz CT molecular complexity index is 777. The van der Waals surface area contributed by atoms with Gasteiger partial charge >= 0.3 is 0 Å². The third-order valence-corrected chi connectivity index (χ3v) is 4.12. The average Bonchev–Trinajstić information content (AvgIpc) is 2.82. The molecule has 0 saturated heterocycles. The van der Waals surface area contributed by atoms with Crippen molar-refractivity contribution in [2.24, 2.45) is 0 Å². The monoisotopic (exact) mass is 318 g/mol. The molecule has 1 aromatic carbocycles. The van der Waals surface area contributed by atoms with E-state index < -0.39 is 0 Å². The topological polar surface area (TPSA) is 17.3 Å². The van der Waals surface area contributed by atoms with Crippen LogP contribution in [0.3, 0.4) is 0 Å². The lowest BCUT2D eigenvalue weighted by Crippen LogP contribution is -1.89. The van der Waals surface area contributed by atoms with E-state index in [4.69, 9.17) is 0 Å². The molecule has 0 unspecified atom stereocenters. The minimum absolute atomic E-state index is 0.201. The lowest BCUT2D eigenvalue weighted by Gasteiger charge is -2.00. The number of nitrogens with zero attached hydrogens (tertiary/aromatic N) is 2. The van der Waals surface area contributed by atoms with E-state index in [2.05, 4.69) is 20.9 Å². The fourth-order valence-electron chi connectivity index (χ4n) is 2.06. The number of aromatic nitrogens is 2. The summed E-state index contributed by atoms with van der Waals surface area (Å²) < 4.78 is 16.6. The molecule has 0 radical (unpaired) electrons. The molecule has 0 amide bonds. The van der Waals surface area contributed by atoms with Gasteiger partial charge in [-0.15, -0.1) is 0 Å². The van der Waals surface area contributed by atoms with Gasteiger partial charge in [0.2, 0.25) is 0 Å². The number of hydrogen-bond donors (Lipinski definition) is 0. The van der Waals surface area contributed by atoms with Crippen LogP contribution in [0.5, 0.6) is 0 Å². The fourth-order valence-corrected chi connectivity index (χ4v) is 2.38. The highest BCUT2D eigenvalue weighted by Crippen LogP contribution is 2.24. The van der Waals surface area contributed by atoms with Gasteiger partial charge in [0, 0.05) is 21.9 Å². The molecule has 0 spiro atoms. The van der Waals surface area contributed by atoms with Crippen LogP contribution in [0.15, 0.2) is 41.0 Å². The summed E-state index contributed by atoms with van der Waals surface area (Å²) in [5.74, 6) is -0.201. The Kier molecular flexibility index (Phi) is 2.90. The Labute approximate surface area is 119 Å². The molecule has 0 aliphatic heterocycles. The molecule has 2 nitrogen and oxygen atoms in total. The normalized spacial score (nSPS) is 11.2. The molecule has 0 fully saturated rings. The summed E-state index contributed by atoms with van der Waals surface area (Å²) in [5.41, 5.74) is 4.15. The highest BCUT2D eigenvalue weighted by Gasteiger charge is 2.09. The van der Waals surface area contributed by atoms with E-state index in [1.165, 1.54) is 6.07 Å². The first-order valence-corrected chi connectivity index (χ1v) is 6.76. The molecule has 0 atom stereocenters. The van der Waals surface area contributed by atoms with E-state index in [-0.39, 0.29) is 5.82 Å². The zero-order valence-electron chi connectivity index (χ0n) is 10.6. The summed E-state index contributed by atoms with van der Waals surface area (Å²) in [4.78, 5) is 4.53. The van der Waals surface area contributed by atoms with Gasteiger partial charge in [-0.05, 0) is 53.5 Å². The van der Waals surface area contributed by atoms with Gasteiger partial charge in [-0.3, -0.25) is 0 Å². The van der Waals surface area contributed by atoms with Crippen molar-refractivity contribution in [1.29, 1.82) is 0 Å². The Morgan fingerprint density at radius 3 is 2.68 bits per heavy atom. The first-order chi connectivity index (χ1) is 9.06. The summed E-state index contributed by atoms with van der Waals surface area (Å²) in [6, 6.07) is 9.10. The maximum Gasteiger partial charge on any atom is 0.137 e. The van der Waals surface area contributed by atoms with E-state index in [0.29, 0.717) is 5.56 Å². The molecule has 0 bridgehead atoms. The van der Waals surface area contributed by atoms with Gasteiger partial charge in [0.15, 0.2) is 0 Å². The number of hydrogen-bond acceptors (Lipinski definition) is 1. The molecule has 96 valence electrons. The maximum atomic E-state index is 13.6. The second-order valence-corrected chi connectivity index (χ2v) is 5.44. The van der Waals surface area contributed by atoms with Crippen molar-refractivity contribution in [3.8, 4) is 11.3 Å². The van der Waals surface area contributed by atoms with Gasteiger partial charge < -0.3 is 4.40 Å². The number of aryl methyl sites for hydroxylation is 2. The smallest absolute Gasteiger partial charge is 0.137 e. The van der Waals surface area contributed by atoms with E-state index >= 15 is 0 Å². The SMILES string of the molecule is Cc1ccc(-c2cn3c(C)c(Br)ccc3n2)cc1F. The molecule has 0 saturated carbocycles. The molecule has 4 heteroatoms. The van der Waals surface area contributed by atoms with Crippen LogP contribution < -0.4 is 0 Å². The predicted octanol–water partition coefficient (Wildman–Crippen LogP) is 4.52. The van der Waals surface area contributed by atoms with Crippen molar-refractivity contribution in [3.63, 3.8) is 0 Å². The van der Waals surface area contributed by atoms with Crippen LogP contribution in [0.2, 0.25) is 0 Å². The van der Waals surface area contributed by atoms with Gasteiger partial charge in [-0.2, -0.15) is 0 Å². The van der Waals surface area contributed by atoms with Crippen LogP contribution in [-0.2, 0) is 0 Å². The van der Waals surface area contributed by atoms with Crippen molar-refractivity contribution in [2.45, 2.75) is 13.8 Å². The Hall–Kier alpha value is -1.68. The van der Waals surface area contributed by atoms with Crippen molar-refractivity contribution in [3.05, 3.63) is 58.1 Å². The molecule has 2 aromatic heterocycles. The second-order valence-electron chi connectivity index (χ2n) is 4.58. The molecule has 3 aromatic rings. The highest BCUT2D eigenvalue weighted by molar-refractivity contribution is 9.10. The highest BCUT2D eigenvalue weighted by atomic mass is 79.9. The summed E-state index contributed by atoms with van der Waals surface area (Å²) >= 11 is 3.49. The maximum absolute atomic E-state index is 13.6. The third kappa shape index (κ3) is 2.06.